The van der Waals surface area contributed by atoms with Gasteiger partial charge < -0.3 is 9.90 Å². The summed E-state index contributed by atoms with van der Waals surface area (Å²) in [5.41, 5.74) is 0. The van der Waals surface area contributed by atoms with Crippen LogP contribution in [-0.2, 0) is 4.79 Å². The number of carboxylic acids is 1. The molecule has 1 aliphatic rings. The molecule has 0 saturated carbocycles. The molecule has 5 nitrogen and oxygen atoms in total. The summed E-state index contributed by atoms with van der Waals surface area (Å²) in [5, 5.41) is 10.9. The van der Waals surface area contributed by atoms with Crippen LogP contribution < -0.4 is 5.11 Å². The fourth-order valence-electron chi connectivity index (χ4n) is 2.85. The molecule has 0 N–H and O–H groups in total. The van der Waals surface area contributed by atoms with Gasteiger partial charge >= 0.3 is 0 Å². The molecule has 1 heterocycles. The number of nitrogens with zero attached hydrogens (tertiary/aromatic N) is 3. The molecular weight excluding hydrogens is 206 g/mol. The number of aliphatic carboxylic acids is 1. The summed E-state index contributed by atoms with van der Waals surface area (Å²) in [6, 6.07) is 0.486. The monoisotopic (exact) mass is 229 g/mol. The Kier molecular flexibility index (Phi) is 3.93. The van der Waals surface area contributed by atoms with Gasteiger partial charge in [-0.3, -0.25) is 4.48 Å². The molecule has 94 valence electrons. The van der Waals surface area contributed by atoms with Gasteiger partial charge in [-0.1, -0.05) is 0 Å². The van der Waals surface area contributed by atoms with Crippen LogP contribution in [0.3, 0.4) is 0 Å². The molecule has 3 unspecified atom stereocenters. The molecule has 0 bridgehead atoms. The topological polar surface area (TPSA) is 46.6 Å². The second-order valence-electron chi connectivity index (χ2n) is 5.35. The Morgan fingerprint density at radius 2 is 2.12 bits per heavy atom. The summed E-state index contributed by atoms with van der Waals surface area (Å²) >= 11 is 0. The van der Waals surface area contributed by atoms with Crippen LogP contribution in [0.15, 0.2) is 0 Å². The van der Waals surface area contributed by atoms with E-state index in [2.05, 4.69) is 23.8 Å². The van der Waals surface area contributed by atoms with Crippen LogP contribution in [-0.4, -0.2) is 73.9 Å². The van der Waals surface area contributed by atoms with Crippen molar-refractivity contribution in [3.63, 3.8) is 0 Å². The van der Waals surface area contributed by atoms with E-state index in [-0.39, 0.29) is 12.8 Å². The van der Waals surface area contributed by atoms with E-state index < -0.39 is 5.97 Å². The van der Waals surface area contributed by atoms with Crippen LogP contribution in [0, 0.1) is 0 Å². The van der Waals surface area contributed by atoms with Crippen molar-refractivity contribution in [2.75, 3.05) is 41.3 Å². The highest BCUT2D eigenvalue weighted by Gasteiger charge is 2.43. The summed E-state index contributed by atoms with van der Waals surface area (Å²) in [5.74, 6) is -0.975. The first kappa shape index (κ1) is 13.4. The minimum atomic E-state index is -0.975. The molecular formula is C11H23N3O2. The number of hydrogen-bond donors (Lipinski definition) is 0. The maximum absolute atomic E-state index is 10.9. The molecule has 5 heteroatoms. The molecule has 1 rings (SSSR count). The van der Waals surface area contributed by atoms with Crippen LogP contribution >= 0.6 is 0 Å². The zero-order valence-corrected chi connectivity index (χ0v) is 10.9. The Morgan fingerprint density at radius 1 is 1.56 bits per heavy atom. The number of carboxylic acid groups (broad SMARTS) is 1. The summed E-state index contributed by atoms with van der Waals surface area (Å²) in [6.45, 7) is 3.13. The zero-order chi connectivity index (χ0) is 12.5. The van der Waals surface area contributed by atoms with Crippen LogP contribution in [0.1, 0.15) is 13.3 Å². The van der Waals surface area contributed by atoms with Crippen molar-refractivity contribution < 1.29 is 14.4 Å². The number of rotatable bonds is 3. The van der Waals surface area contributed by atoms with E-state index in [9.17, 15) is 9.90 Å². The van der Waals surface area contributed by atoms with Gasteiger partial charge in [0.2, 0.25) is 6.29 Å². The van der Waals surface area contributed by atoms with E-state index in [1.807, 2.05) is 21.1 Å². The first-order valence-corrected chi connectivity index (χ1v) is 5.70. The number of carbonyl (C=O) groups excluding carboxylic acids is 1. The van der Waals surface area contributed by atoms with Crippen LogP contribution in [0.4, 0.5) is 0 Å². The maximum atomic E-state index is 10.9. The molecule has 0 spiro atoms. The standard InChI is InChI=1S/C11H23N3O2/c1-9-6-7-14(5,8-10(15)16)11(12(2)3)13(9)4/h9,11H,6-8H2,1-5H3. The lowest BCUT2D eigenvalue weighted by molar-refractivity contribution is -0.957. The highest BCUT2D eigenvalue weighted by Crippen LogP contribution is 2.25. The van der Waals surface area contributed by atoms with Gasteiger partial charge in [0.25, 0.3) is 0 Å². The third kappa shape index (κ3) is 2.53. The summed E-state index contributed by atoms with van der Waals surface area (Å²) < 4.78 is 0.496. The second-order valence-corrected chi connectivity index (χ2v) is 5.35. The van der Waals surface area contributed by atoms with Gasteiger partial charge in [-0.25, -0.2) is 9.80 Å². The SMILES string of the molecule is CC1CC[N+](C)(CC(=O)[O-])C(N(C)C)N1C. The van der Waals surface area contributed by atoms with Gasteiger partial charge in [0.05, 0.1) is 19.6 Å². The van der Waals surface area contributed by atoms with Gasteiger partial charge in [-0.05, 0) is 28.1 Å². The lowest BCUT2D eigenvalue weighted by atomic mass is 10.1. The van der Waals surface area contributed by atoms with Crippen molar-refractivity contribution in [3.05, 3.63) is 0 Å². The maximum Gasteiger partial charge on any atom is 0.204 e. The van der Waals surface area contributed by atoms with Crippen LogP contribution in [0.2, 0.25) is 0 Å². The summed E-state index contributed by atoms with van der Waals surface area (Å²) in [4.78, 5) is 15.2. The van der Waals surface area contributed by atoms with E-state index >= 15 is 0 Å². The van der Waals surface area contributed by atoms with Gasteiger partial charge in [-0.15, -0.1) is 0 Å². The van der Waals surface area contributed by atoms with Crippen LogP contribution in [0.25, 0.3) is 0 Å². The molecule has 0 aliphatic carbocycles. The molecule has 16 heavy (non-hydrogen) atoms. The molecule has 3 atom stereocenters. The van der Waals surface area contributed by atoms with Crippen molar-refractivity contribution in [2.45, 2.75) is 25.7 Å². The van der Waals surface area contributed by atoms with E-state index in [0.717, 1.165) is 13.0 Å². The number of hydrogen-bond acceptors (Lipinski definition) is 4. The molecule has 1 fully saturated rings. The summed E-state index contributed by atoms with van der Waals surface area (Å²) in [6.07, 6.45) is 1.12. The first-order valence-electron chi connectivity index (χ1n) is 5.70. The minimum absolute atomic E-state index is 0.0694. The number of likely N-dealkylation sites (N-methyl/N-ethyl adjacent to an activating group) is 1. The predicted octanol–water partition coefficient (Wildman–Crippen LogP) is -1.25. The van der Waals surface area contributed by atoms with Gasteiger partial charge in [0, 0.05) is 12.5 Å². The first-order chi connectivity index (χ1) is 7.28. The highest BCUT2D eigenvalue weighted by atomic mass is 16.4. The van der Waals surface area contributed by atoms with Crippen molar-refractivity contribution in [1.82, 2.24) is 9.80 Å². The molecule has 0 aromatic rings. The average molecular weight is 229 g/mol. The van der Waals surface area contributed by atoms with E-state index in [1.54, 1.807) is 0 Å². The largest absolute Gasteiger partial charge is 0.544 e. The third-order valence-corrected chi connectivity index (χ3v) is 3.63. The fourth-order valence-corrected chi connectivity index (χ4v) is 2.85. The molecule has 0 aromatic heterocycles. The van der Waals surface area contributed by atoms with Gasteiger partial charge in [-0.2, -0.15) is 0 Å². The molecule has 1 aliphatic heterocycles. The minimum Gasteiger partial charge on any atom is -0.544 e. The zero-order valence-electron chi connectivity index (χ0n) is 10.9. The van der Waals surface area contributed by atoms with Gasteiger partial charge in [0.15, 0.2) is 0 Å². The third-order valence-electron chi connectivity index (χ3n) is 3.63. The highest BCUT2D eigenvalue weighted by molar-refractivity contribution is 5.65. The number of carbonyl (C=O) groups is 1. The second kappa shape index (κ2) is 4.69. The normalized spacial score (nSPS) is 36.6. The molecule has 0 aromatic carbocycles. The summed E-state index contributed by atoms with van der Waals surface area (Å²) in [7, 11) is 8.03. The predicted molar refractivity (Wildman–Crippen MR) is 60.2 cm³/mol. The Morgan fingerprint density at radius 3 is 2.56 bits per heavy atom. The Balaban J connectivity index is 2.93. The fraction of sp³-hybridized carbons (Fsp3) is 0.909. The van der Waals surface area contributed by atoms with Gasteiger partial charge in [0.1, 0.15) is 6.54 Å². The van der Waals surface area contributed by atoms with Crippen molar-refractivity contribution in [2.24, 2.45) is 0 Å². The molecule has 1 saturated heterocycles. The quantitative estimate of drug-likeness (QED) is 0.568. The Hall–Kier alpha value is -0.650. The van der Waals surface area contributed by atoms with Crippen LogP contribution in [0.5, 0.6) is 0 Å². The van der Waals surface area contributed by atoms with E-state index in [1.165, 1.54) is 0 Å². The smallest absolute Gasteiger partial charge is 0.204 e. The lowest BCUT2D eigenvalue weighted by Gasteiger charge is -2.53. The van der Waals surface area contributed by atoms with Crippen molar-refractivity contribution in [3.8, 4) is 0 Å². The van der Waals surface area contributed by atoms with Crippen molar-refractivity contribution >= 4 is 5.97 Å². The molecule has 0 radical (unpaired) electrons. The average Bonchev–Trinajstić information content (AvgIpc) is 2.10. The molecule has 0 amide bonds. The van der Waals surface area contributed by atoms with E-state index in [4.69, 9.17) is 0 Å². The number of quaternary nitrogens is 1. The Labute approximate surface area is 97.8 Å². The Bertz CT molecular complexity index is 270. The van der Waals surface area contributed by atoms with E-state index in [0.29, 0.717) is 10.5 Å². The lowest BCUT2D eigenvalue weighted by Crippen LogP contribution is -2.71. The van der Waals surface area contributed by atoms with Crippen molar-refractivity contribution in [1.29, 1.82) is 0 Å².